The molecule has 0 saturated carbocycles. The van der Waals surface area contributed by atoms with Crippen molar-refractivity contribution in [1.82, 2.24) is 5.43 Å². The molecule has 2 amide bonds. The Hall–Kier alpha value is -1.10. The maximum absolute atomic E-state index is 10.4. The van der Waals surface area contributed by atoms with E-state index in [1.807, 2.05) is 0 Å². The third-order valence-electron chi connectivity index (χ3n) is 0.841. The molecule has 0 aromatic carbocycles. The van der Waals surface area contributed by atoms with Crippen LogP contribution in [0.25, 0.3) is 0 Å². The van der Waals surface area contributed by atoms with E-state index in [2.05, 4.69) is 5.84 Å². The first-order valence-electron chi connectivity index (χ1n) is 2.24. The standard InChI is InChI=1S/C4H8N3O2/c1-2(3(5)8)4(9)7-6/h6H2,1H3,(H2,5,8)(H,7,9). The van der Waals surface area contributed by atoms with Gasteiger partial charge in [0.2, 0.25) is 5.91 Å². The van der Waals surface area contributed by atoms with Gasteiger partial charge in [0.05, 0.1) is 0 Å². The molecule has 5 N–H and O–H groups in total. The van der Waals surface area contributed by atoms with Gasteiger partial charge >= 0.3 is 0 Å². The normalized spacial score (nSPS) is 9.22. The van der Waals surface area contributed by atoms with Gasteiger partial charge in [-0.3, -0.25) is 15.0 Å². The molecule has 0 saturated heterocycles. The van der Waals surface area contributed by atoms with E-state index in [0.717, 1.165) is 0 Å². The summed E-state index contributed by atoms with van der Waals surface area (Å²) >= 11 is 0. The fourth-order valence-corrected chi connectivity index (χ4v) is 0.220. The Balaban J connectivity index is 3.88. The first-order valence-corrected chi connectivity index (χ1v) is 2.24. The molecule has 51 valence electrons. The number of primary amides is 1. The molecule has 1 radical (unpaired) electrons. The number of nitrogens with two attached hydrogens (primary N) is 2. The van der Waals surface area contributed by atoms with Crippen LogP contribution >= 0.6 is 0 Å². The predicted octanol–water partition coefficient (Wildman–Crippen LogP) is -1.94. The van der Waals surface area contributed by atoms with Gasteiger partial charge in [0, 0.05) is 0 Å². The van der Waals surface area contributed by atoms with Crippen molar-refractivity contribution in [2.45, 2.75) is 6.92 Å². The molecule has 0 aromatic heterocycles. The fourth-order valence-electron chi connectivity index (χ4n) is 0.220. The highest BCUT2D eigenvalue weighted by atomic mass is 16.2. The zero-order valence-corrected chi connectivity index (χ0v) is 4.97. The number of amides is 2. The molecular weight excluding hydrogens is 122 g/mol. The highest BCUT2D eigenvalue weighted by molar-refractivity contribution is 6.12. The van der Waals surface area contributed by atoms with Crippen molar-refractivity contribution >= 4 is 11.8 Å². The molecule has 9 heavy (non-hydrogen) atoms. The Morgan fingerprint density at radius 3 is 2.00 bits per heavy atom. The molecule has 0 heterocycles. The summed E-state index contributed by atoms with van der Waals surface area (Å²) in [6, 6.07) is 0. The molecule has 0 bridgehead atoms. The van der Waals surface area contributed by atoms with E-state index in [0.29, 0.717) is 0 Å². The van der Waals surface area contributed by atoms with E-state index in [1.165, 1.54) is 6.92 Å². The maximum atomic E-state index is 10.4. The minimum Gasteiger partial charge on any atom is -0.369 e. The zero-order valence-electron chi connectivity index (χ0n) is 4.97. The quantitative estimate of drug-likeness (QED) is 0.175. The molecule has 5 nitrogen and oxygen atoms in total. The van der Waals surface area contributed by atoms with E-state index in [4.69, 9.17) is 5.73 Å². The summed E-state index contributed by atoms with van der Waals surface area (Å²) in [5.41, 5.74) is 6.49. The first-order chi connectivity index (χ1) is 4.09. The Bertz CT molecular complexity index is 134. The second-order valence-corrected chi connectivity index (χ2v) is 1.46. The molecule has 0 atom stereocenters. The summed E-state index contributed by atoms with van der Waals surface area (Å²) in [7, 11) is 0. The van der Waals surface area contributed by atoms with Gasteiger partial charge in [-0.15, -0.1) is 0 Å². The number of carbonyl (C=O) groups is 2. The van der Waals surface area contributed by atoms with E-state index in [9.17, 15) is 9.59 Å². The summed E-state index contributed by atoms with van der Waals surface area (Å²) in [6.07, 6.45) is 0. The SMILES string of the molecule is C[C](C(N)=O)C(=O)NN. The lowest BCUT2D eigenvalue weighted by molar-refractivity contribution is -0.125. The lowest BCUT2D eigenvalue weighted by Gasteiger charge is -2.01. The molecule has 0 rings (SSSR count). The van der Waals surface area contributed by atoms with Crippen molar-refractivity contribution in [2.24, 2.45) is 11.6 Å². The lowest BCUT2D eigenvalue weighted by Crippen LogP contribution is -2.39. The Kier molecular flexibility index (Phi) is 2.66. The number of hydrazine groups is 1. The van der Waals surface area contributed by atoms with Crippen molar-refractivity contribution in [2.75, 3.05) is 0 Å². The average molecular weight is 130 g/mol. The number of rotatable bonds is 2. The largest absolute Gasteiger partial charge is 0.369 e. The zero-order chi connectivity index (χ0) is 7.44. The molecule has 0 aromatic rings. The number of carbonyl (C=O) groups excluding carboxylic acids is 2. The van der Waals surface area contributed by atoms with Gasteiger partial charge in [0.25, 0.3) is 5.91 Å². The van der Waals surface area contributed by atoms with E-state index < -0.39 is 11.8 Å². The van der Waals surface area contributed by atoms with Crippen LogP contribution in [0.1, 0.15) is 6.92 Å². The number of nitrogens with one attached hydrogen (secondary N) is 1. The summed E-state index contributed by atoms with van der Waals surface area (Å²) in [5.74, 6) is 3.17. The molecule has 0 spiro atoms. The Morgan fingerprint density at radius 2 is 1.89 bits per heavy atom. The highest BCUT2D eigenvalue weighted by Crippen LogP contribution is 1.92. The maximum Gasteiger partial charge on any atom is 0.250 e. The van der Waals surface area contributed by atoms with E-state index in [-0.39, 0.29) is 5.92 Å². The Labute approximate surface area is 52.4 Å². The van der Waals surface area contributed by atoms with E-state index in [1.54, 1.807) is 5.43 Å². The summed E-state index contributed by atoms with van der Waals surface area (Å²) in [4.78, 5) is 20.5. The second kappa shape index (κ2) is 3.03. The van der Waals surface area contributed by atoms with Gasteiger partial charge in [0.15, 0.2) is 0 Å². The van der Waals surface area contributed by atoms with Crippen LogP contribution in [0.5, 0.6) is 0 Å². The van der Waals surface area contributed by atoms with Crippen LogP contribution in [0.15, 0.2) is 0 Å². The van der Waals surface area contributed by atoms with Gasteiger partial charge in [-0.05, 0) is 6.92 Å². The molecule has 0 unspecified atom stereocenters. The molecule has 0 aliphatic heterocycles. The third-order valence-corrected chi connectivity index (χ3v) is 0.841. The van der Waals surface area contributed by atoms with Crippen molar-refractivity contribution in [1.29, 1.82) is 0 Å². The minimum atomic E-state index is -0.766. The van der Waals surface area contributed by atoms with E-state index >= 15 is 0 Å². The monoisotopic (exact) mass is 130 g/mol. The highest BCUT2D eigenvalue weighted by Gasteiger charge is 2.17. The number of hydrogen-bond donors (Lipinski definition) is 3. The van der Waals surface area contributed by atoms with Crippen molar-refractivity contribution < 1.29 is 9.59 Å². The minimum absolute atomic E-state index is 0.0995. The smallest absolute Gasteiger partial charge is 0.250 e. The topological polar surface area (TPSA) is 98.2 Å². The summed E-state index contributed by atoms with van der Waals surface area (Å²) in [6.45, 7) is 1.30. The summed E-state index contributed by atoms with van der Waals surface area (Å²) < 4.78 is 0. The van der Waals surface area contributed by atoms with Crippen LogP contribution in [0.2, 0.25) is 0 Å². The van der Waals surface area contributed by atoms with Crippen LogP contribution in [-0.2, 0) is 9.59 Å². The van der Waals surface area contributed by atoms with Gasteiger partial charge in [-0.1, -0.05) is 0 Å². The fraction of sp³-hybridized carbons (Fsp3) is 0.250. The Morgan fingerprint density at radius 1 is 1.44 bits per heavy atom. The predicted molar refractivity (Wildman–Crippen MR) is 30.4 cm³/mol. The van der Waals surface area contributed by atoms with Crippen LogP contribution < -0.4 is 17.0 Å². The van der Waals surface area contributed by atoms with Gasteiger partial charge < -0.3 is 5.73 Å². The van der Waals surface area contributed by atoms with Crippen molar-refractivity contribution in [3.8, 4) is 0 Å². The van der Waals surface area contributed by atoms with Crippen LogP contribution in [-0.4, -0.2) is 11.8 Å². The lowest BCUT2D eigenvalue weighted by atomic mass is 10.1. The van der Waals surface area contributed by atoms with Crippen molar-refractivity contribution in [3.05, 3.63) is 5.92 Å². The molecular formula is C4H8N3O2. The van der Waals surface area contributed by atoms with Crippen LogP contribution in [0.4, 0.5) is 0 Å². The van der Waals surface area contributed by atoms with Crippen LogP contribution in [0.3, 0.4) is 0 Å². The first kappa shape index (κ1) is 7.90. The molecule has 5 heteroatoms. The summed E-state index contributed by atoms with van der Waals surface area (Å²) in [5, 5.41) is 0. The molecule has 0 aliphatic carbocycles. The van der Waals surface area contributed by atoms with Gasteiger partial charge in [-0.2, -0.15) is 0 Å². The van der Waals surface area contributed by atoms with Gasteiger partial charge in [0.1, 0.15) is 5.92 Å². The third kappa shape index (κ3) is 2.09. The molecule has 0 aliphatic rings. The molecule has 0 fully saturated rings. The van der Waals surface area contributed by atoms with Crippen molar-refractivity contribution in [3.63, 3.8) is 0 Å². The van der Waals surface area contributed by atoms with Crippen LogP contribution in [0, 0.1) is 5.92 Å². The number of hydrogen-bond acceptors (Lipinski definition) is 3. The second-order valence-electron chi connectivity index (χ2n) is 1.46. The average Bonchev–Trinajstić information content (AvgIpc) is 1.84. The van der Waals surface area contributed by atoms with Gasteiger partial charge in [-0.25, -0.2) is 5.84 Å².